The van der Waals surface area contributed by atoms with Crippen molar-refractivity contribution in [3.63, 3.8) is 0 Å². The molecule has 3 nitrogen and oxygen atoms in total. The van der Waals surface area contributed by atoms with Crippen LogP contribution >= 0.6 is 0 Å². The van der Waals surface area contributed by atoms with E-state index in [1.54, 1.807) is 0 Å². The average molecular weight is 322 g/mol. The molecule has 1 N–H and O–H groups in total. The van der Waals surface area contributed by atoms with Crippen LogP contribution in [0.5, 0.6) is 0 Å². The Kier molecular flexibility index (Phi) is 5.19. The number of rotatable bonds is 6. The van der Waals surface area contributed by atoms with Gasteiger partial charge in [0.1, 0.15) is 0 Å². The SMILES string of the molecule is CC(C)N(Cc1ccccc1)c1ccc(NC(=O)C2CCC2)cc1. The standard InChI is InChI=1S/C21H26N2O/c1-16(2)23(15-17-7-4-3-5-8-17)20-13-11-19(12-14-20)22-21(24)18-9-6-10-18/h3-5,7-8,11-14,16,18H,6,9-10,15H2,1-2H3,(H,22,24). The molecule has 0 atom stereocenters. The molecule has 1 aliphatic carbocycles. The Morgan fingerprint density at radius 2 is 1.75 bits per heavy atom. The molecule has 1 amide bonds. The highest BCUT2D eigenvalue weighted by Crippen LogP contribution is 2.28. The molecule has 2 aromatic rings. The lowest BCUT2D eigenvalue weighted by Gasteiger charge is -2.29. The van der Waals surface area contributed by atoms with Gasteiger partial charge in [0.2, 0.25) is 5.91 Å². The Hall–Kier alpha value is -2.29. The molecular weight excluding hydrogens is 296 g/mol. The summed E-state index contributed by atoms with van der Waals surface area (Å²) < 4.78 is 0. The summed E-state index contributed by atoms with van der Waals surface area (Å²) in [4.78, 5) is 14.4. The fourth-order valence-electron chi connectivity index (χ4n) is 3.00. The summed E-state index contributed by atoms with van der Waals surface area (Å²) in [6, 6.07) is 19.1. The number of carbonyl (C=O) groups is 1. The van der Waals surface area contributed by atoms with Gasteiger partial charge in [0.15, 0.2) is 0 Å². The van der Waals surface area contributed by atoms with Crippen molar-refractivity contribution in [2.45, 2.75) is 45.7 Å². The number of amides is 1. The summed E-state index contributed by atoms with van der Waals surface area (Å²) in [5, 5.41) is 3.03. The second kappa shape index (κ2) is 7.52. The van der Waals surface area contributed by atoms with Crippen molar-refractivity contribution < 1.29 is 4.79 Å². The highest BCUT2D eigenvalue weighted by atomic mass is 16.1. The first kappa shape index (κ1) is 16.6. The lowest BCUT2D eigenvalue weighted by molar-refractivity contribution is -0.122. The van der Waals surface area contributed by atoms with Crippen molar-refractivity contribution >= 4 is 17.3 Å². The van der Waals surface area contributed by atoms with E-state index in [0.29, 0.717) is 6.04 Å². The molecular formula is C21H26N2O. The molecule has 0 radical (unpaired) electrons. The zero-order valence-corrected chi connectivity index (χ0v) is 14.5. The maximum Gasteiger partial charge on any atom is 0.227 e. The summed E-state index contributed by atoms with van der Waals surface area (Å²) in [7, 11) is 0. The normalized spacial score (nSPS) is 14.3. The number of nitrogens with one attached hydrogen (secondary N) is 1. The lowest BCUT2D eigenvalue weighted by Crippen LogP contribution is -2.30. The van der Waals surface area contributed by atoms with Gasteiger partial charge in [-0.05, 0) is 56.5 Å². The second-order valence-electron chi connectivity index (χ2n) is 6.87. The molecule has 0 saturated heterocycles. The Labute approximate surface area is 144 Å². The highest BCUT2D eigenvalue weighted by Gasteiger charge is 2.25. The van der Waals surface area contributed by atoms with Crippen molar-refractivity contribution in [3.05, 3.63) is 60.2 Å². The molecule has 0 heterocycles. The summed E-state index contributed by atoms with van der Waals surface area (Å²) in [5.41, 5.74) is 3.36. The van der Waals surface area contributed by atoms with Crippen LogP contribution in [0.1, 0.15) is 38.7 Å². The Morgan fingerprint density at radius 3 is 2.29 bits per heavy atom. The molecule has 0 unspecified atom stereocenters. The zero-order valence-electron chi connectivity index (χ0n) is 14.5. The fraction of sp³-hybridized carbons (Fsp3) is 0.381. The lowest BCUT2D eigenvalue weighted by atomic mass is 9.85. The van der Waals surface area contributed by atoms with Crippen LogP contribution in [0.15, 0.2) is 54.6 Å². The zero-order chi connectivity index (χ0) is 16.9. The van der Waals surface area contributed by atoms with E-state index in [1.807, 2.05) is 18.2 Å². The molecule has 1 saturated carbocycles. The molecule has 24 heavy (non-hydrogen) atoms. The van der Waals surface area contributed by atoms with Crippen LogP contribution in [0, 0.1) is 5.92 Å². The minimum atomic E-state index is 0.166. The van der Waals surface area contributed by atoms with Crippen LogP contribution < -0.4 is 10.2 Å². The first-order chi connectivity index (χ1) is 11.6. The maximum atomic E-state index is 12.0. The van der Waals surface area contributed by atoms with Crippen molar-refractivity contribution in [3.8, 4) is 0 Å². The van der Waals surface area contributed by atoms with Crippen molar-refractivity contribution in [2.75, 3.05) is 10.2 Å². The fourth-order valence-corrected chi connectivity index (χ4v) is 3.00. The first-order valence-corrected chi connectivity index (χ1v) is 8.85. The van der Waals surface area contributed by atoms with E-state index >= 15 is 0 Å². The van der Waals surface area contributed by atoms with Gasteiger partial charge >= 0.3 is 0 Å². The topological polar surface area (TPSA) is 32.3 Å². The van der Waals surface area contributed by atoms with Crippen molar-refractivity contribution in [2.24, 2.45) is 5.92 Å². The van der Waals surface area contributed by atoms with Gasteiger partial charge in [-0.25, -0.2) is 0 Å². The Bertz CT molecular complexity index is 660. The maximum absolute atomic E-state index is 12.0. The number of hydrogen-bond donors (Lipinski definition) is 1. The molecule has 0 aromatic heterocycles. The van der Waals surface area contributed by atoms with Crippen LogP contribution in [0.2, 0.25) is 0 Å². The van der Waals surface area contributed by atoms with E-state index in [-0.39, 0.29) is 11.8 Å². The molecule has 3 rings (SSSR count). The number of anilines is 2. The van der Waals surface area contributed by atoms with Crippen LogP contribution in [0.25, 0.3) is 0 Å². The number of nitrogens with zero attached hydrogens (tertiary/aromatic N) is 1. The third-order valence-electron chi connectivity index (χ3n) is 4.76. The third-order valence-corrected chi connectivity index (χ3v) is 4.76. The summed E-state index contributed by atoms with van der Waals surface area (Å²) in [6.07, 6.45) is 3.24. The Balaban J connectivity index is 1.68. The van der Waals surface area contributed by atoms with Gasteiger partial charge in [-0.1, -0.05) is 36.8 Å². The third kappa shape index (κ3) is 3.97. The van der Waals surface area contributed by atoms with Crippen LogP contribution in [0.4, 0.5) is 11.4 Å². The number of carbonyl (C=O) groups excluding carboxylic acids is 1. The van der Waals surface area contributed by atoms with Gasteiger partial charge in [0.25, 0.3) is 0 Å². The average Bonchev–Trinajstić information content (AvgIpc) is 2.52. The monoisotopic (exact) mass is 322 g/mol. The van der Waals surface area contributed by atoms with Gasteiger partial charge in [0, 0.05) is 29.9 Å². The van der Waals surface area contributed by atoms with Gasteiger partial charge in [-0.2, -0.15) is 0 Å². The van der Waals surface area contributed by atoms with Gasteiger partial charge < -0.3 is 10.2 Å². The summed E-state index contributed by atoms with van der Waals surface area (Å²) in [5.74, 6) is 0.383. The van der Waals surface area contributed by atoms with Crippen molar-refractivity contribution in [1.82, 2.24) is 0 Å². The molecule has 0 spiro atoms. The minimum Gasteiger partial charge on any atom is -0.365 e. The van der Waals surface area contributed by atoms with E-state index in [4.69, 9.17) is 0 Å². The molecule has 1 aliphatic rings. The van der Waals surface area contributed by atoms with Gasteiger partial charge in [-0.3, -0.25) is 4.79 Å². The molecule has 1 fully saturated rings. The summed E-state index contributed by atoms with van der Waals surface area (Å²) >= 11 is 0. The van der Waals surface area contributed by atoms with Crippen LogP contribution in [0.3, 0.4) is 0 Å². The first-order valence-electron chi connectivity index (χ1n) is 8.85. The molecule has 2 aromatic carbocycles. The highest BCUT2D eigenvalue weighted by molar-refractivity contribution is 5.93. The molecule has 3 heteroatoms. The Morgan fingerprint density at radius 1 is 1.08 bits per heavy atom. The van der Waals surface area contributed by atoms with Crippen LogP contribution in [-0.4, -0.2) is 11.9 Å². The molecule has 0 bridgehead atoms. The van der Waals surface area contributed by atoms with E-state index < -0.39 is 0 Å². The van der Waals surface area contributed by atoms with E-state index in [1.165, 1.54) is 17.7 Å². The number of hydrogen-bond acceptors (Lipinski definition) is 2. The van der Waals surface area contributed by atoms with E-state index in [9.17, 15) is 4.79 Å². The van der Waals surface area contributed by atoms with Crippen LogP contribution in [-0.2, 0) is 11.3 Å². The molecule has 0 aliphatic heterocycles. The molecule has 126 valence electrons. The van der Waals surface area contributed by atoms with Gasteiger partial charge in [0.05, 0.1) is 0 Å². The smallest absolute Gasteiger partial charge is 0.227 e. The van der Waals surface area contributed by atoms with Gasteiger partial charge in [-0.15, -0.1) is 0 Å². The predicted molar refractivity (Wildman–Crippen MR) is 100 cm³/mol. The quantitative estimate of drug-likeness (QED) is 0.825. The minimum absolute atomic E-state index is 0.166. The predicted octanol–water partition coefficient (Wildman–Crippen LogP) is 4.84. The van der Waals surface area contributed by atoms with E-state index in [2.05, 4.69) is 60.5 Å². The van der Waals surface area contributed by atoms with E-state index in [0.717, 1.165) is 25.1 Å². The largest absolute Gasteiger partial charge is 0.365 e. The van der Waals surface area contributed by atoms with Crippen molar-refractivity contribution in [1.29, 1.82) is 0 Å². The second-order valence-corrected chi connectivity index (χ2v) is 6.87. The number of benzene rings is 2. The summed E-state index contributed by atoms with van der Waals surface area (Å²) in [6.45, 7) is 5.29.